The Balaban J connectivity index is 1.76. The molecule has 0 saturated carbocycles. The molecule has 1 aliphatic heterocycles. The lowest BCUT2D eigenvalue weighted by Crippen LogP contribution is -2.23. The molecule has 0 unspecified atom stereocenters. The molecule has 0 radical (unpaired) electrons. The molecule has 0 N–H and O–H groups in total. The Hall–Kier alpha value is -2.25. The van der Waals surface area contributed by atoms with Gasteiger partial charge in [0.1, 0.15) is 11.6 Å². The fraction of sp³-hybridized carbons (Fsp3) is 0.200. The van der Waals surface area contributed by atoms with E-state index in [1.807, 2.05) is 30.3 Å². The van der Waals surface area contributed by atoms with Gasteiger partial charge < -0.3 is 4.74 Å². The number of methoxy groups -OCH3 is 1. The highest BCUT2D eigenvalue weighted by Crippen LogP contribution is 2.31. The lowest BCUT2D eigenvalue weighted by Gasteiger charge is -2.14. The van der Waals surface area contributed by atoms with Crippen molar-refractivity contribution in [3.63, 3.8) is 0 Å². The SMILES string of the molecule is COc1ccc(-n2c(SCc3ccccc3F)nc3c(c2=O)SCC3)cc1. The van der Waals surface area contributed by atoms with Crippen LogP contribution in [0.25, 0.3) is 5.69 Å². The Morgan fingerprint density at radius 1 is 1.22 bits per heavy atom. The number of hydrogen-bond acceptors (Lipinski definition) is 5. The number of benzene rings is 2. The minimum atomic E-state index is -0.250. The van der Waals surface area contributed by atoms with Crippen LogP contribution in [0.4, 0.5) is 4.39 Å². The Morgan fingerprint density at radius 2 is 2.00 bits per heavy atom. The third-order valence-corrected chi connectivity index (χ3v) is 6.41. The molecule has 7 heteroatoms. The zero-order valence-electron chi connectivity index (χ0n) is 14.6. The fourth-order valence-electron chi connectivity index (χ4n) is 2.91. The van der Waals surface area contributed by atoms with Crippen LogP contribution in [0.3, 0.4) is 0 Å². The van der Waals surface area contributed by atoms with E-state index >= 15 is 0 Å². The Bertz CT molecular complexity index is 1040. The molecular weight excluding hydrogens is 383 g/mol. The standard InChI is InChI=1S/C20H17FN2O2S2/c1-25-15-8-6-14(7-9-15)23-19(24)18-17(10-11-26-18)22-20(23)27-12-13-4-2-3-5-16(13)21/h2-9H,10-12H2,1H3. The van der Waals surface area contributed by atoms with Crippen molar-refractivity contribution in [2.75, 3.05) is 12.9 Å². The van der Waals surface area contributed by atoms with Gasteiger partial charge in [0.25, 0.3) is 5.56 Å². The zero-order valence-corrected chi connectivity index (χ0v) is 16.3. The topological polar surface area (TPSA) is 44.1 Å². The summed E-state index contributed by atoms with van der Waals surface area (Å²) in [7, 11) is 1.60. The van der Waals surface area contributed by atoms with Crippen LogP contribution >= 0.6 is 23.5 Å². The molecule has 4 rings (SSSR count). The van der Waals surface area contributed by atoms with E-state index in [0.29, 0.717) is 21.4 Å². The van der Waals surface area contributed by atoms with Crippen LogP contribution in [0.2, 0.25) is 0 Å². The average Bonchev–Trinajstić information content (AvgIpc) is 3.17. The lowest BCUT2D eigenvalue weighted by molar-refractivity contribution is 0.414. The molecular formula is C20H17FN2O2S2. The van der Waals surface area contributed by atoms with E-state index in [4.69, 9.17) is 9.72 Å². The Morgan fingerprint density at radius 3 is 2.74 bits per heavy atom. The fourth-order valence-corrected chi connectivity index (χ4v) is 4.95. The number of nitrogens with zero attached hydrogens (tertiary/aromatic N) is 2. The number of hydrogen-bond donors (Lipinski definition) is 0. The molecule has 1 aliphatic rings. The third-order valence-electron chi connectivity index (χ3n) is 4.31. The summed E-state index contributed by atoms with van der Waals surface area (Å²) in [6.07, 6.45) is 0.784. The van der Waals surface area contributed by atoms with Crippen molar-refractivity contribution in [1.82, 2.24) is 9.55 Å². The van der Waals surface area contributed by atoms with Crippen LogP contribution in [0.5, 0.6) is 5.75 Å². The molecule has 1 aromatic heterocycles. The lowest BCUT2D eigenvalue weighted by atomic mass is 10.2. The van der Waals surface area contributed by atoms with E-state index in [1.165, 1.54) is 17.8 Å². The van der Waals surface area contributed by atoms with Gasteiger partial charge in [-0.05, 0) is 35.9 Å². The second-order valence-corrected chi connectivity index (χ2v) is 8.04. The first-order chi connectivity index (χ1) is 13.2. The molecule has 0 amide bonds. The molecule has 3 aromatic rings. The molecule has 27 heavy (non-hydrogen) atoms. The van der Waals surface area contributed by atoms with Gasteiger partial charge in [0.15, 0.2) is 5.16 Å². The number of ether oxygens (including phenoxy) is 1. The summed E-state index contributed by atoms with van der Waals surface area (Å²) in [5.74, 6) is 1.74. The number of aromatic nitrogens is 2. The van der Waals surface area contributed by atoms with Gasteiger partial charge in [-0.15, -0.1) is 11.8 Å². The summed E-state index contributed by atoms with van der Waals surface area (Å²) in [4.78, 5) is 18.5. The van der Waals surface area contributed by atoms with E-state index in [9.17, 15) is 9.18 Å². The van der Waals surface area contributed by atoms with Crippen LogP contribution < -0.4 is 10.3 Å². The summed E-state index contributed by atoms with van der Waals surface area (Å²) >= 11 is 2.92. The minimum Gasteiger partial charge on any atom is -0.497 e. The van der Waals surface area contributed by atoms with Crippen LogP contribution in [-0.4, -0.2) is 22.4 Å². The highest BCUT2D eigenvalue weighted by molar-refractivity contribution is 7.99. The average molecular weight is 401 g/mol. The minimum absolute atomic E-state index is 0.0660. The maximum absolute atomic E-state index is 14.0. The molecule has 0 saturated heterocycles. The Labute approximate surface area is 164 Å². The van der Waals surface area contributed by atoms with Crippen LogP contribution in [0.15, 0.2) is 63.4 Å². The summed E-state index contributed by atoms with van der Waals surface area (Å²) in [6.45, 7) is 0. The first-order valence-electron chi connectivity index (χ1n) is 8.46. The summed E-state index contributed by atoms with van der Waals surface area (Å²) in [5, 5.41) is 0.578. The van der Waals surface area contributed by atoms with Crippen molar-refractivity contribution in [2.45, 2.75) is 22.2 Å². The van der Waals surface area contributed by atoms with Crippen molar-refractivity contribution in [1.29, 1.82) is 0 Å². The number of fused-ring (bicyclic) bond motifs is 1. The molecule has 4 nitrogen and oxygen atoms in total. The van der Waals surface area contributed by atoms with Gasteiger partial charge in [0.05, 0.1) is 23.4 Å². The van der Waals surface area contributed by atoms with Crippen LogP contribution in [0.1, 0.15) is 11.3 Å². The van der Waals surface area contributed by atoms with Gasteiger partial charge >= 0.3 is 0 Å². The van der Waals surface area contributed by atoms with Gasteiger partial charge in [-0.3, -0.25) is 9.36 Å². The van der Waals surface area contributed by atoms with Gasteiger partial charge in [0.2, 0.25) is 0 Å². The largest absolute Gasteiger partial charge is 0.497 e. The third kappa shape index (κ3) is 3.61. The van der Waals surface area contributed by atoms with Crippen LogP contribution in [-0.2, 0) is 12.2 Å². The van der Waals surface area contributed by atoms with Crippen molar-refractivity contribution in [2.24, 2.45) is 0 Å². The molecule has 0 aliphatic carbocycles. The van der Waals surface area contributed by atoms with Crippen molar-refractivity contribution in [3.8, 4) is 11.4 Å². The van der Waals surface area contributed by atoms with E-state index in [2.05, 4.69) is 0 Å². The number of rotatable bonds is 5. The number of aryl methyl sites for hydroxylation is 1. The molecule has 138 valence electrons. The van der Waals surface area contributed by atoms with Crippen LogP contribution in [0, 0.1) is 5.82 Å². The highest BCUT2D eigenvalue weighted by Gasteiger charge is 2.22. The normalized spacial score (nSPS) is 12.8. The van der Waals surface area contributed by atoms with E-state index in [0.717, 1.165) is 29.3 Å². The van der Waals surface area contributed by atoms with Gasteiger partial charge in [0, 0.05) is 17.9 Å². The van der Waals surface area contributed by atoms with E-state index in [1.54, 1.807) is 35.6 Å². The van der Waals surface area contributed by atoms with Crippen molar-refractivity contribution < 1.29 is 9.13 Å². The molecule has 0 fully saturated rings. The first kappa shape index (κ1) is 18.1. The van der Waals surface area contributed by atoms with Gasteiger partial charge in [-0.25, -0.2) is 9.37 Å². The van der Waals surface area contributed by atoms with E-state index < -0.39 is 0 Å². The van der Waals surface area contributed by atoms with Gasteiger partial charge in [-0.2, -0.15) is 0 Å². The zero-order chi connectivity index (χ0) is 18.8. The maximum atomic E-state index is 14.0. The second kappa shape index (κ2) is 7.78. The first-order valence-corrected chi connectivity index (χ1v) is 10.4. The maximum Gasteiger partial charge on any atom is 0.272 e. The number of halogens is 1. The molecule has 2 aromatic carbocycles. The van der Waals surface area contributed by atoms with Crippen molar-refractivity contribution in [3.05, 3.63) is 76.0 Å². The summed E-state index contributed by atoms with van der Waals surface area (Å²) < 4.78 is 20.8. The quantitative estimate of drug-likeness (QED) is 0.471. The highest BCUT2D eigenvalue weighted by atomic mass is 32.2. The van der Waals surface area contributed by atoms with E-state index in [-0.39, 0.29) is 11.4 Å². The molecule has 0 bridgehead atoms. The molecule has 0 spiro atoms. The predicted octanol–water partition coefficient (Wildman–Crippen LogP) is 4.32. The van der Waals surface area contributed by atoms with Crippen molar-refractivity contribution >= 4 is 23.5 Å². The Kier molecular flexibility index (Phi) is 5.22. The predicted molar refractivity (Wildman–Crippen MR) is 107 cm³/mol. The summed E-state index contributed by atoms with van der Waals surface area (Å²) in [5.41, 5.74) is 2.09. The van der Waals surface area contributed by atoms with Gasteiger partial charge in [-0.1, -0.05) is 30.0 Å². The second-order valence-electron chi connectivity index (χ2n) is 5.99. The summed E-state index contributed by atoms with van der Waals surface area (Å²) in [6, 6.07) is 14.0. The number of thioether (sulfide) groups is 2. The molecule has 2 heterocycles. The monoisotopic (exact) mass is 400 g/mol. The molecule has 0 atom stereocenters. The smallest absolute Gasteiger partial charge is 0.272 e.